The van der Waals surface area contributed by atoms with E-state index in [0.717, 1.165) is 59.1 Å². The van der Waals surface area contributed by atoms with Crippen molar-refractivity contribution in [2.75, 3.05) is 31.2 Å². The van der Waals surface area contributed by atoms with E-state index >= 15 is 0 Å². The third kappa shape index (κ3) is 5.55. The fourth-order valence-corrected chi connectivity index (χ4v) is 4.58. The molecule has 0 aliphatic carbocycles. The van der Waals surface area contributed by atoms with Crippen LogP contribution in [0.1, 0.15) is 54.7 Å². The van der Waals surface area contributed by atoms with Crippen molar-refractivity contribution >= 4 is 22.9 Å². The molecule has 0 atom stereocenters. The van der Waals surface area contributed by atoms with Crippen molar-refractivity contribution in [3.05, 3.63) is 71.5 Å². The van der Waals surface area contributed by atoms with E-state index in [1.807, 2.05) is 37.5 Å². The summed E-state index contributed by atoms with van der Waals surface area (Å²) >= 11 is 0. The summed E-state index contributed by atoms with van der Waals surface area (Å²) in [6.07, 6.45) is 2.39. The van der Waals surface area contributed by atoms with E-state index in [9.17, 15) is 4.79 Å². The Kier molecular flexibility index (Phi) is 7.58. The van der Waals surface area contributed by atoms with E-state index in [2.05, 4.69) is 52.9 Å². The Labute approximate surface area is 217 Å². The molecular weight excluding hydrogens is 464 g/mol. The van der Waals surface area contributed by atoms with Crippen LogP contribution in [0.15, 0.2) is 54.9 Å². The van der Waals surface area contributed by atoms with E-state index in [1.165, 1.54) is 5.56 Å². The lowest BCUT2D eigenvalue weighted by atomic mass is 10.1. The molecule has 0 amide bonds. The number of hydrogen-bond donors (Lipinski definition) is 1. The minimum Gasteiger partial charge on any atom is -0.378 e. The van der Waals surface area contributed by atoms with Crippen molar-refractivity contribution in [3.8, 4) is 11.3 Å². The fraction of sp³-hybridized carbons (Fsp3) is 0.379. The number of Topliss-reactive ketones (excluding diaryl/α,β-unsaturated/α-hetero) is 1. The Hall–Kier alpha value is -3.62. The molecule has 192 valence electrons. The smallest absolute Gasteiger partial charge is 0.228 e. The lowest BCUT2D eigenvalue weighted by molar-refractivity contribution is 0.0988. The van der Waals surface area contributed by atoms with Gasteiger partial charge in [-0.1, -0.05) is 49.4 Å². The minimum absolute atomic E-state index is 0.171. The number of hydrogen-bond acceptors (Lipinski definition) is 7. The van der Waals surface area contributed by atoms with Crippen LogP contribution in [0, 0.1) is 0 Å². The van der Waals surface area contributed by atoms with E-state index in [0.29, 0.717) is 26.2 Å². The Morgan fingerprint density at radius 2 is 1.78 bits per heavy atom. The first-order valence-electron chi connectivity index (χ1n) is 13.0. The van der Waals surface area contributed by atoms with Gasteiger partial charge < -0.3 is 19.5 Å². The Balaban J connectivity index is 1.38. The molecule has 0 bridgehead atoms. The molecule has 4 aromatic rings. The van der Waals surface area contributed by atoms with Crippen LogP contribution in [-0.2, 0) is 17.8 Å². The van der Waals surface area contributed by atoms with Gasteiger partial charge in [-0.25, -0.2) is 9.97 Å². The maximum Gasteiger partial charge on any atom is 0.228 e. The lowest BCUT2D eigenvalue weighted by Gasteiger charge is -2.27. The zero-order valence-corrected chi connectivity index (χ0v) is 21.8. The number of ketones is 1. The molecule has 1 saturated heterocycles. The zero-order chi connectivity index (χ0) is 25.8. The molecule has 1 aliphatic heterocycles. The molecule has 8 heteroatoms. The first-order valence-corrected chi connectivity index (χ1v) is 13.0. The summed E-state index contributed by atoms with van der Waals surface area (Å²) < 4.78 is 7.65. The number of nitrogens with one attached hydrogen (secondary N) is 1. The van der Waals surface area contributed by atoms with Gasteiger partial charge in [-0.2, -0.15) is 4.98 Å². The molecule has 3 heterocycles. The predicted molar refractivity (Wildman–Crippen MR) is 146 cm³/mol. The van der Waals surface area contributed by atoms with Crippen LogP contribution < -0.4 is 10.2 Å². The molecule has 1 aliphatic rings. The van der Waals surface area contributed by atoms with Crippen molar-refractivity contribution in [2.45, 2.75) is 46.3 Å². The van der Waals surface area contributed by atoms with Crippen LogP contribution in [0.2, 0.25) is 0 Å². The third-order valence-corrected chi connectivity index (χ3v) is 6.72. The number of benzene rings is 2. The number of carbonyl (C=O) groups excluding carboxylic acids is 1. The molecule has 0 spiro atoms. The predicted octanol–water partition coefficient (Wildman–Crippen LogP) is 4.79. The first kappa shape index (κ1) is 25.0. The summed E-state index contributed by atoms with van der Waals surface area (Å²) in [6, 6.07) is 16.5. The fourth-order valence-electron chi connectivity index (χ4n) is 4.58. The summed E-state index contributed by atoms with van der Waals surface area (Å²) in [7, 11) is 0. The number of imidazole rings is 1. The van der Waals surface area contributed by atoms with Crippen LogP contribution in [-0.4, -0.2) is 51.6 Å². The first-order chi connectivity index (χ1) is 18.0. The number of rotatable bonds is 9. The van der Waals surface area contributed by atoms with Gasteiger partial charge in [0.1, 0.15) is 11.2 Å². The van der Waals surface area contributed by atoms with Gasteiger partial charge in [0, 0.05) is 49.8 Å². The van der Waals surface area contributed by atoms with Gasteiger partial charge in [-0.3, -0.25) is 4.79 Å². The second-order valence-electron chi connectivity index (χ2n) is 9.67. The summed E-state index contributed by atoms with van der Waals surface area (Å²) in [5.74, 6) is 0.895. The highest BCUT2D eigenvalue weighted by atomic mass is 16.5. The maximum absolute atomic E-state index is 11.9. The van der Waals surface area contributed by atoms with Crippen molar-refractivity contribution in [1.29, 1.82) is 0 Å². The SMILES string of the molecule is CCC(=O)c1ccc(CNCc2cccc(-c3nc(N4CCOCC4)nc4c3ncn4C(C)C)c2)cc1. The van der Waals surface area contributed by atoms with Gasteiger partial charge in [0.15, 0.2) is 11.4 Å². The molecule has 1 N–H and O–H groups in total. The summed E-state index contributed by atoms with van der Waals surface area (Å²) in [4.78, 5) is 28.7. The van der Waals surface area contributed by atoms with Gasteiger partial charge >= 0.3 is 0 Å². The Morgan fingerprint density at radius 3 is 2.51 bits per heavy atom. The molecule has 8 nitrogen and oxygen atoms in total. The number of carbonyl (C=O) groups is 1. The van der Waals surface area contributed by atoms with Crippen molar-refractivity contribution in [3.63, 3.8) is 0 Å². The molecule has 0 saturated carbocycles. The topological polar surface area (TPSA) is 85.2 Å². The van der Waals surface area contributed by atoms with Crippen LogP contribution in [0.25, 0.3) is 22.4 Å². The van der Waals surface area contributed by atoms with Crippen molar-refractivity contribution < 1.29 is 9.53 Å². The molecule has 5 rings (SSSR count). The molecule has 2 aromatic carbocycles. The van der Waals surface area contributed by atoms with Gasteiger partial charge in [0.25, 0.3) is 0 Å². The molecule has 1 fully saturated rings. The largest absolute Gasteiger partial charge is 0.378 e. The Morgan fingerprint density at radius 1 is 1.03 bits per heavy atom. The maximum atomic E-state index is 11.9. The van der Waals surface area contributed by atoms with Crippen molar-refractivity contribution in [1.82, 2.24) is 24.8 Å². The number of aromatic nitrogens is 4. The average molecular weight is 499 g/mol. The normalized spacial score (nSPS) is 14.0. The number of nitrogens with zero attached hydrogens (tertiary/aromatic N) is 5. The number of morpholine rings is 1. The van der Waals surface area contributed by atoms with E-state index in [-0.39, 0.29) is 11.8 Å². The highest BCUT2D eigenvalue weighted by Gasteiger charge is 2.21. The highest BCUT2D eigenvalue weighted by Crippen LogP contribution is 2.29. The zero-order valence-electron chi connectivity index (χ0n) is 21.8. The molecule has 0 unspecified atom stereocenters. The van der Waals surface area contributed by atoms with Crippen LogP contribution in [0.4, 0.5) is 5.95 Å². The van der Waals surface area contributed by atoms with Gasteiger partial charge in [-0.15, -0.1) is 0 Å². The molecular formula is C29H34N6O2. The number of anilines is 1. The molecule has 2 aromatic heterocycles. The number of fused-ring (bicyclic) bond motifs is 1. The van der Waals surface area contributed by atoms with Gasteiger partial charge in [0.05, 0.1) is 19.5 Å². The molecule has 37 heavy (non-hydrogen) atoms. The molecule has 0 radical (unpaired) electrons. The van der Waals surface area contributed by atoms with Crippen LogP contribution in [0.5, 0.6) is 0 Å². The summed E-state index contributed by atoms with van der Waals surface area (Å²) in [5, 5.41) is 3.52. The average Bonchev–Trinajstić information content (AvgIpc) is 3.38. The Bertz CT molecular complexity index is 1370. The van der Waals surface area contributed by atoms with Gasteiger partial charge in [0.2, 0.25) is 5.95 Å². The highest BCUT2D eigenvalue weighted by molar-refractivity contribution is 5.95. The van der Waals surface area contributed by atoms with Crippen molar-refractivity contribution in [2.24, 2.45) is 0 Å². The number of ether oxygens (including phenoxy) is 1. The second-order valence-corrected chi connectivity index (χ2v) is 9.67. The quantitative estimate of drug-likeness (QED) is 0.332. The standard InChI is InChI=1S/C29H34N6O2/c1-4-25(36)23-10-8-21(9-11-23)17-30-18-22-6-5-7-24(16-22)26-27-28(35(19-31-27)20(2)3)33-29(32-26)34-12-14-37-15-13-34/h5-11,16,19-20,30H,4,12-15,17-18H2,1-3H3. The third-order valence-electron chi connectivity index (χ3n) is 6.72. The van der Waals surface area contributed by atoms with E-state index in [1.54, 1.807) is 0 Å². The van der Waals surface area contributed by atoms with E-state index in [4.69, 9.17) is 19.7 Å². The lowest BCUT2D eigenvalue weighted by Crippen LogP contribution is -2.37. The van der Waals surface area contributed by atoms with Gasteiger partial charge in [-0.05, 0) is 31.0 Å². The summed E-state index contributed by atoms with van der Waals surface area (Å²) in [6.45, 7) is 10.5. The van der Waals surface area contributed by atoms with E-state index < -0.39 is 0 Å². The summed E-state index contributed by atoms with van der Waals surface area (Å²) in [5.41, 5.74) is 6.63. The van der Waals surface area contributed by atoms with Crippen LogP contribution >= 0.6 is 0 Å². The monoisotopic (exact) mass is 498 g/mol. The van der Waals surface area contributed by atoms with Crippen LogP contribution in [0.3, 0.4) is 0 Å². The minimum atomic E-state index is 0.171. The second kappa shape index (κ2) is 11.2.